The molecule has 0 aromatic heterocycles. The minimum Gasteiger partial charge on any atom is -0.396 e. The first-order valence-corrected chi connectivity index (χ1v) is 6.00. The second kappa shape index (κ2) is 5.83. The molecule has 1 fully saturated rings. The molecule has 2 N–H and O–H groups in total. The largest absolute Gasteiger partial charge is 0.396 e. The van der Waals surface area contributed by atoms with E-state index in [0.29, 0.717) is 0 Å². The topological polar surface area (TPSA) is 43.7 Å². The third-order valence-corrected chi connectivity index (χ3v) is 3.46. The first kappa shape index (κ1) is 12.9. The van der Waals surface area contributed by atoms with E-state index < -0.39 is 0 Å². The SMILES string of the molecule is CN(CC1CCCC1)CC(C)(CO)CO. The average Bonchev–Trinajstić information content (AvgIpc) is 2.70. The van der Waals surface area contributed by atoms with Crippen molar-refractivity contribution in [3.05, 3.63) is 0 Å². The highest BCUT2D eigenvalue weighted by Gasteiger charge is 2.26. The van der Waals surface area contributed by atoms with Crippen molar-refractivity contribution in [3.63, 3.8) is 0 Å². The quantitative estimate of drug-likeness (QED) is 0.697. The van der Waals surface area contributed by atoms with E-state index in [9.17, 15) is 10.2 Å². The standard InChI is InChI=1S/C12H25NO2/c1-12(9-14,10-15)8-13(2)7-11-5-3-4-6-11/h11,14-15H,3-10H2,1-2H3. The predicted octanol–water partition coefficient (Wildman–Crippen LogP) is 1.10. The molecule has 0 atom stereocenters. The molecule has 0 heterocycles. The Morgan fingerprint density at radius 2 is 1.73 bits per heavy atom. The minimum atomic E-state index is -0.354. The Labute approximate surface area is 93.1 Å². The van der Waals surface area contributed by atoms with Gasteiger partial charge in [-0.15, -0.1) is 0 Å². The first-order valence-electron chi connectivity index (χ1n) is 6.00. The number of rotatable bonds is 6. The van der Waals surface area contributed by atoms with Gasteiger partial charge in [0, 0.05) is 18.5 Å². The highest BCUT2D eigenvalue weighted by atomic mass is 16.3. The maximum atomic E-state index is 9.21. The lowest BCUT2D eigenvalue weighted by atomic mass is 9.92. The zero-order valence-electron chi connectivity index (χ0n) is 10.1. The summed E-state index contributed by atoms with van der Waals surface area (Å²) in [5.41, 5.74) is -0.354. The van der Waals surface area contributed by atoms with Gasteiger partial charge in [0.1, 0.15) is 0 Å². The lowest BCUT2D eigenvalue weighted by molar-refractivity contribution is 0.0385. The van der Waals surface area contributed by atoms with Crippen molar-refractivity contribution < 1.29 is 10.2 Å². The van der Waals surface area contributed by atoms with Crippen molar-refractivity contribution in [1.82, 2.24) is 4.90 Å². The summed E-state index contributed by atoms with van der Waals surface area (Å²) in [7, 11) is 2.09. The normalized spacial score (nSPS) is 19.0. The summed E-state index contributed by atoms with van der Waals surface area (Å²) in [5, 5.41) is 18.4. The molecule has 0 radical (unpaired) electrons. The highest BCUT2D eigenvalue weighted by molar-refractivity contribution is 4.78. The average molecular weight is 215 g/mol. The van der Waals surface area contributed by atoms with Gasteiger partial charge in [-0.25, -0.2) is 0 Å². The van der Waals surface area contributed by atoms with E-state index in [4.69, 9.17) is 0 Å². The van der Waals surface area contributed by atoms with Gasteiger partial charge in [-0.05, 0) is 25.8 Å². The Morgan fingerprint density at radius 3 is 2.20 bits per heavy atom. The number of hydrogen-bond donors (Lipinski definition) is 2. The fourth-order valence-corrected chi connectivity index (χ4v) is 2.50. The monoisotopic (exact) mass is 215 g/mol. The van der Waals surface area contributed by atoms with Gasteiger partial charge >= 0.3 is 0 Å². The zero-order chi connectivity index (χ0) is 11.3. The van der Waals surface area contributed by atoms with Gasteiger partial charge in [0.25, 0.3) is 0 Å². The Morgan fingerprint density at radius 1 is 1.20 bits per heavy atom. The van der Waals surface area contributed by atoms with Gasteiger partial charge in [0.05, 0.1) is 13.2 Å². The number of hydrogen-bond acceptors (Lipinski definition) is 3. The summed E-state index contributed by atoms with van der Waals surface area (Å²) in [6, 6.07) is 0. The molecule has 0 bridgehead atoms. The first-order chi connectivity index (χ1) is 7.09. The van der Waals surface area contributed by atoms with E-state index in [2.05, 4.69) is 11.9 Å². The molecule has 3 nitrogen and oxygen atoms in total. The summed E-state index contributed by atoms with van der Waals surface area (Å²) >= 11 is 0. The molecule has 1 rings (SSSR count). The van der Waals surface area contributed by atoms with Gasteiger partial charge in [0.2, 0.25) is 0 Å². The highest BCUT2D eigenvalue weighted by Crippen LogP contribution is 2.26. The van der Waals surface area contributed by atoms with Gasteiger partial charge in [-0.3, -0.25) is 0 Å². The molecule has 0 spiro atoms. The summed E-state index contributed by atoms with van der Waals surface area (Å²) in [6.45, 7) is 3.92. The molecule has 0 unspecified atom stereocenters. The van der Waals surface area contributed by atoms with Crippen molar-refractivity contribution in [2.24, 2.45) is 11.3 Å². The molecule has 0 saturated heterocycles. The van der Waals surface area contributed by atoms with E-state index in [0.717, 1.165) is 19.0 Å². The number of nitrogens with zero attached hydrogens (tertiary/aromatic N) is 1. The van der Waals surface area contributed by atoms with Crippen LogP contribution in [0.2, 0.25) is 0 Å². The van der Waals surface area contributed by atoms with Crippen LogP contribution in [0.4, 0.5) is 0 Å². The fourth-order valence-electron chi connectivity index (χ4n) is 2.50. The third-order valence-electron chi connectivity index (χ3n) is 3.46. The molecule has 0 aliphatic heterocycles. The maximum absolute atomic E-state index is 9.21. The second-order valence-electron chi connectivity index (χ2n) is 5.47. The number of aliphatic hydroxyl groups excluding tert-OH is 2. The maximum Gasteiger partial charge on any atom is 0.0519 e. The summed E-state index contributed by atoms with van der Waals surface area (Å²) in [4.78, 5) is 2.25. The molecule has 1 saturated carbocycles. The molecule has 0 amide bonds. The summed E-state index contributed by atoms with van der Waals surface area (Å²) < 4.78 is 0. The lowest BCUT2D eigenvalue weighted by Crippen LogP contribution is -2.40. The number of aliphatic hydroxyl groups is 2. The predicted molar refractivity (Wildman–Crippen MR) is 61.7 cm³/mol. The third kappa shape index (κ3) is 4.09. The van der Waals surface area contributed by atoms with E-state index in [1.54, 1.807) is 0 Å². The van der Waals surface area contributed by atoms with Crippen LogP contribution in [0.3, 0.4) is 0 Å². The van der Waals surface area contributed by atoms with Crippen LogP contribution in [0.25, 0.3) is 0 Å². The minimum absolute atomic E-state index is 0.0541. The molecule has 1 aliphatic carbocycles. The Bertz CT molecular complexity index is 174. The van der Waals surface area contributed by atoms with Gasteiger partial charge in [-0.1, -0.05) is 19.8 Å². The Balaban J connectivity index is 2.30. The van der Waals surface area contributed by atoms with Gasteiger partial charge in [-0.2, -0.15) is 0 Å². The van der Waals surface area contributed by atoms with Crippen LogP contribution in [0, 0.1) is 11.3 Å². The van der Waals surface area contributed by atoms with Gasteiger partial charge < -0.3 is 15.1 Å². The molecular formula is C12H25NO2. The van der Waals surface area contributed by atoms with Crippen LogP contribution in [0.1, 0.15) is 32.6 Å². The van der Waals surface area contributed by atoms with Crippen molar-refractivity contribution in [1.29, 1.82) is 0 Å². The summed E-state index contributed by atoms with van der Waals surface area (Å²) in [5.74, 6) is 0.830. The lowest BCUT2D eigenvalue weighted by Gasteiger charge is -2.31. The zero-order valence-corrected chi connectivity index (χ0v) is 10.1. The van der Waals surface area contributed by atoms with Crippen LogP contribution < -0.4 is 0 Å². The fraction of sp³-hybridized carbons (Fsp3) is 1.00. The van der Waals surface area contributed by atoms with E-state index >= 15 is 0 Å². The van der Waals surface area contributed by atoms with E-state index in [1.165, 1.54) is 25.7 Å². The Kier molecular flexibility index (Phi) is 5.03. The van der Waals surface area contributed by atoms with Crippen LogP contribution in [0.5, 0.6) is 0 Å². The molecule has 0 aromatic carbocycles. The van der Waals surface area contributed by atoms with Gasteiger partial charge in [0.15, 0.2) is 0 Å². The molecule has 1 aliphatic rings. The smallest absolute Gasteiger partial charge is 0.0519 e. The molecule has 90 valence electrons. The van der Waals surface area contributed by atoms with Crippen molar-refractivity contribution >= 4 is 0 Å². The Hall–Kier alpha value is -0.120. The molecule has 15 heavy (non-hydrogen) atoms. The molecular weight excluding hydrogens is 190 g/mol. The van der Waals surface area contributed by atoms with Crippen molar-refractivity contribution in [3.8, 4) is 0 Å². The molecule has 0 aromatic rings. The van der Waals surface area contributed by atoms with Crippen molar-refractivity contribution in [2.45, 2.75) is 32.6 Å². The van der Waals surface area contributed by atoms with Crippen LogP contribution in [0.15, 0.2) is 0 Å². The van der Waals surface area contributed by atoms with Crippen LogP contribution >= 0.6 is 0 Å². The summed E-state index contributed by atoms with van der Waals surface area (Å²) in [6.07, 6.45) is 5.43. The molecule has 3 heteroatoms. The van der Waals surface area contributed by atoms with Crippen molar-refractivity contribution in [2.75, 3.05) is 33.4 Å². The van der Waals surface area contributed by atoms with E-state index in [-0.39, 0.29) is 18.6 Å². The van der Waals surface area contributed by atoms with E-state index in [1.807, 2.05) is 6.92 Å². The van der Waals surface area contributed by atoms with Crippen LogP contribution in [-0.4, -0.2) is 48.5 Å². The second-order valence-corrected chi connectivity index (χ2v) is 5.47. The van der Waals surface area contributed by atoms with Crippen LogP contribution in [-0.2, 0) is 0 Å².